The van der Waals surface area contributed by atoms with Gasteiger partial charge in [-0.3, -0.25) is 9.78 Å². The second-order valence-corrected chi connectivity index (χ2v) is 16.2. The summed E-state index contributed by atoms with van der Waals surface area (Å²) in [6.07, 6.45) is 11.7. The quantitative estimate of drug-likeness (QED) is 0.0911. The zero-order valence-electron chi connectivity index (χ0n) is 32.1. The standard InChI is InChI=1S/C33H32NO.C13H24O2.Ir/c1-19-16-26-28(33(4,5)14-13-32(26,2)3)31-27(19)24-12-15-34-29(30(24)35-31)22-17-21-8-6-7-9-23(21)25(18-22)20-10-11-20;1-5-10(6-2)12(14)9-13(15)11(7-3)8-4;/h6-9,12,15-16,18,20H,10-11,13-14H2,1-5H3;9-11,14H,5-8H2,1-4H3;/q-1;;/b;12-9-;. The van der Waals surface area contributed by atoms with Crippen molar-refractivity contribution in [1.82, 2.24) is 4.98 Å². The molecule has 0 bridgehead atoms. The fraction of sp³-hybridized carbons (Fsp3) is 0.478. The molecule has 2 aromatic heterocycles. The fourth-order valence-electron chi connectivity index (χ4n) is 8.25. The number of benzene rings is 3. The summed E-state index contributed by atoms with van der Waals surface area (Å²) in [7, 11) is 0. The van der Waals surface area contributed by atoms with Crippen LogP contribution in [0, 0.1) is 24.8 Å². The van der Waals surface area contributed by atoms with E-state index in [0.717, 1.165) is 54.5 Å². The van der Waals surface area contributed by atoms with Crippen LogP contribution in [0.25, 0.3) is 44.0 Å². The summed E-state index contributed by atoms with van der Waals surface area (Å²) in [5, 5.41) is 14.7. The molecule has 0 unspecified atom stereocenters. The summed E-state index contributed by atoms with van der Waals surface area (Å²) in [6.45, 7) is 19.8. The Kier molecular flexibility index (Phi) is 11.7. The maximum atomic E-state index is 11.7. The molecule has 1 saturated carbocycles. The summed E-state index contributed by atoms with van der Waals surface area (Å²) < 4.78 is 6.89. The number of aromatic nitrogens is 1. The topological polar surface area (TPSA) is 63.3 Å². The number of hydrogen-bond acceptors (Lipinski definition) is 4. The van der Waals surface area contributed by atoms with Crippen LogP contribution >= 0.6 is 0 Å². The maximum absolute atomic E-state index is 11.7. The first-order valence-corrected chi connectivity index (χ1v) is 19.1. The van der Waals surface area contributed by atoms with Gasteiger partial charge in [-0.25, -0.2) is 0 Å². The Labute approximate surface area is 318 Å². The first-order valence-electron chi connectivity index (χ1n) is 19.1. The van der Waals surface area contributed by atoms with Crippen LogP contribution in [0.5, 0.6) is 0 Å². The molecule has 5 heteroatoms. The third-order valence-corrected chi connectivity index (χ3v) is 11.8. The van der Waals surface area contributed by atoms with Crippen LogP contribution in [0.1, 0.15) is 135 Å². The van der Waals surface area contributed by atoms with E-state index in [9.17, 15) is 9.90 Å². The molecule has 2 aliphatic rings. The van der Waals surface area contributed by atoms with E-state index in [0.29, 0.717) is 5.92 Å². The molecule has 3 aromatic carbocycles. The number of aliphatic hydroxyl groups excluding tert-OH is 1. The molecule has 2 heterocycles. The van der Waals surface area contributed by atoms with Crippen molar-refractivity contribution in [1.29, 1.82) is 0 Å². The number of pyridine rings is 1. The summed E-state index contributed by atoms with van der Waals surface area (Å²) >= 11 is 0. The van der Waals surface area contributed by atoms with Crippen LogP contribution < -0.4 is 0 Å². The predicted molar refractivity (Wildman–Crippen MR) is 209 cm³/mol. The van der Waals surface area contributed by atoms with Gasteiger partial charge in [0.2, 0.25) is 0 Å². The van der Waals surface area contributed by atoms with Gasteiger partial charge >= 0.3 is 0 Å². The second kappa shape index (κ2) is 15.4. The van der Waals surface area contributed by atoms with E-state index in [1.54, 1.807) is 0 Å². The minimum atomic E-state index is 0. The Bertz CT molecular complexity index is 2070. The molecule has 273 valence electrons. The van der Waals surface area contributed by atoms with Gasteiger partial charge in [0.1, 0.15) is 11.2 Å². The summed E-state index contributed by atoms with van der Waals surface area (Å²) in [6, 6.07) is 19.2. The molecule has 4 nitrogen and oxygen atoms in total. The number of carbonyl (C=O) groups excluding carboxylic acids is 1. The average Bonchev–Trinajstić information content (AvgIpc) is 3.86. The van der Waals surface area contributed by atoms with Gasteiger partial charge in [-0.2, -0.15) is 0 Å². The Morgan fingerprint density at radius 3 is 2.22 bits per heavy atom. The van der Waals surface area contributed by atoms with Crippen LogP contribution in [-0.2, 0) is 35.7 Å². The van der Waals surface area contributed by atoms with E-state index in [2.05, 4.69) is 83.1 Å². The first kappa shape index (κ1) is 38.9. The van der Waals surface area contributed by atoms with Gasteiger partial charge in [-0.15, -0.1) is 29.1 Å². The van der Waals surface area contributed by atoms with Crippen LogP contribution in [0.4, 0.5) is 0 Å². The van der Waals surface area contributed by atoms with Crippen LogP contribution in [0.2, 0.25) is 0 Å². The zero-order chi connectivity index (χ0) is 36.0. The number of aryl methyl sites for hydroxylation is 1. The predicted octanol–water partition coefficient (Wildman–Crippen LogP) is 13.0. The molecule has 5 aromatic rings. The summed E-state index contributed by atoms with van der Waals surface area (Å²) in [4.78, 5) is 16.6. The van der Waals surface area contributed by atoms with Crippen molar-refractivity contribution < 1.29 is 34.4 Å². The van der Waals surface area contributed by atoms with Crippen molar-refractivity contribution in [3.63, 3.8) is 0 Å². The molecule has 51 heavy (non-hydrogen) atoms. The van der Waals surface area contributed by atoms with E-state index in [1.807, 2.05) is 33.9 Å². The maximum Gasteiger partial charge on any atom is 0.162 e. The Hall–Kier alpha value is -3.27. The smallest absolute Gasteiger partial charge is 0.162 e. The van der Waals surface area contributed by atoms with E-state index in [-0.39, 0.29) is 54.3 Å². The molecule has 0 spiro atoms. The number of hydrogen-bond donors (Lipinski definition) is 1. The van der Waals surface area contributed by atoms with Crippen LogP contribution in [0.15, 0.2) is 64.9 Å². The third-order valence-electron chi connectivity index (χ3n) is 11.8. The average molecular weight is 863 g/mol. The minimum absolute atomic E-state index is 0. The number of rotatable bonds is 9. The first-order chi connectivity index (χ1) is 23.8. The van der Waals surface area contributed by atoms with Crippen molar-refractivity contribution in [2.24, 2.45) is 11.8 Å². The van der Waals surface area contributed by atoms with E-state index in [4.69, 9.17) is 9.40 Å². The van der Waals surface area contributed by atoms with Gasteiger partial charge < -0.3 is 9.52 Å². The van der Waals surface area contributed by atoms with Crippen LogP contribution in [0.3, 0.4) is 0 Å². The largest absolute Gasteiger partial charge is 0.512 e. The monoisotopic (exact) mass is 863 g/mol. The number of nitrogens with zero attached hydrogens (tertiary/aromatic N) is 1. The fourth-order valence-corrected chi connectivity index (χ4v) is 8.25. The number of ketones is 1. The molecule has 1 N–H and O–H groups in total. The van der Waals surface area contributed by atoms with E-state index in [1.165, 1.54) is 69.1 Å². The molecule has 1 fully saturated rings. The molecule has 0 aliphatic heterocycles. The molecular weight excluding hydrogens is 807 g/mol. The minimum Gasteiger partial charge on any atom is -0.512 e. The van der Waals surface area contributed by atoms with Crippen molar-refractivity contribution in [3.8, 4) is 11.3 Å². The number of carbonyl (C=O) groups is 1. The van der Waals surface area contributed by atoms with Crippen molar-refractivity contribution in [3.05, 3.63) is 88.8 Å². The zero-order valence-corrected chi connectivity index (χ0v) is 34.5. The summed E-state index contributed by atoms with van der Waals surface area (Å²) in [5.74, 6) is 1.20. The molecule has 2 aliphatic carbocycles. The molecule has 1 radical (unpaired) electrons. The van der Waals surface area contributed by atoms with Crippen LogP contribution in [-0.4, -0.2) is 15.9 Å². The number of fused-ring (bicyclic) bond motifs is 6. The Morgan fingerprint density at radius 1 is 0.922 bits per heavy atom. The number of furan rings is 1. The van der Waals surface area contributed by atoms with Gasteiger partial charge in [0.15, 0.2) is 5.78 Å². The molecule has 0 saturated heterocycles. The van der Waals surface area contributed by atoms with Gasteiger partial charge in [-0.1, -0.05) is 90.6 Å². The molecule has 0 atom stereocenters. The van der Waals surface area contributed by atoms with Gasteiger partial charge in [0, 0.05) is 66.2 Å². The summed E-state index contributed by atoms with van der Waals surface area (Å²) in [5.41, 5.74) is 9.69. The van der Waals surface area contributed by atoms with Crippen molar-refractivity contribution in [2.75, 3.05) is 0 Å². The molecule has 7 rings (SSSR count). The molecular formula is C46H56IrNO3-. The van der Waals surface area contributed by atoms with Gasteiger partial charge in [0.25, 0.3) is 0 Å². The SMILES string of the molecule is CCC(CC)C(=O)/C=C(\O)C(CC)CC.Cc1cc2c(c3oc4c(-c5[c-]c6ccccc6c(C6CC6)c5)nccc4c13)C(C)(C)CCC2(C)C.[Ir]. The van der Waals surface area contributed by atoms with Crippen molar-refractivity contribution >= 4 is 38.5 Å². The van der Waals surface area contributed by atoms with E-state index >= 15 is 0 Å². The van der Waals surface area contributed by atoms with Gasteiger partial charge in [0.05, 0.1) is 5.76 Å². The Morgan fingerprint density at radius 2 is 1.57 bits per heavy atom. The van der Waals surface area contributed by atoms with Crippen molar-refractivity contribution in [2.45, 2.75) is 130 Å². The number of allylic oxidation sites excluding steroid dienone is 2. The Balaban J connectivity index is 0.000000271. The number of aliphatic hydroxyl groups is 1. The third kappa shape index (κ3) is 7.49. The normalized spacial score (nSPS) is 16.6. The van der Waals surface area contributed by atoms with Gasteiger partial charge in [-0.05, 0) is 92.2 Å². The van der Waals surface area contributed by atoms with E-state index < -0.39 is 0 Å². The second-order valence-electron chi connectivity index (χ2n) is 16.2. The molecule has 0 amide bonds.